The van der Waals surface area contributed by atoms with Crippen LogP contribution in [0.4, 0.5) is 0 Å². The number of unbranched alkanes of at least 4 members (excludes halogenated alkanes) is 16. The van der Waals surface area contributed by atoms with E-state index in [1.165, 1.54) is 117 Å². The summed E-state index contributed by atoms with van der Waals surface area (Å²) in [6.45, 7) is 4.61. The Morgan fingerprint density at radius 1 is 0.458 bits per heavy atom. The topological polar surface area (TPSA) is 0 Å². The van der Waals surface area contributed by atoms with Crippen LogP contribution in [-0.2, 0) is 0 Å². The number of hydrogen-bond acceptors (Lipinski definition) is 0. The van der Waals surface area contributed by atoms with Gasteiger partial charge in [0.2, 0.25) is 0 Å². The molecule has 2 heteroatoms. The summed E-state index contributed by atoms with van der Waals surface area (Å²) in [5, 5.41) is 0. The first kappa shape index (κ1) is 24.9. The van der Waals surface area contributed by atoms with Crippen molar-refractivity contribution in [3.8, 4) is 0 Å². The van der Waals surface area contributed by atoms with Gasteiger partial charge in [-0.2, -0.15) is 0 Å². The van der Waals surface area contributed by atoms with E-state index in [4.69, 9.17) is 0 Å². The normalized spacial score (nSPS) is 11.9. The van der Waals surface area contributed by atoms with Gasteiger partial charge in [0.25, 0.3) is 0 Å². The Hall–Kier alpha value is 0.860. The predicted molar refractivity (Wildman–Crippen MR) is 124 cm³/mol. The van der Waals surface area contributed by atoms with Gasteiger partial charge in [-0.25, -0.2) is 0 Å². The van der Waals surface area contributed by atoms with Crippen LogP contribution in [0.15, 0.2) is 0 Å². The molecule has 0 rings (SSSR count). The molecule has 0 fully saturated rings. The van der Waals surface area contributed by atoms with Crippen LogP contribution < -0.4 is 0 Å². The summed E-state index contributed by atoms with van der Waals surface area (Å²) >= 11 is 0. The third-order valence-corrected chi connectivity index (χ3v) is 10.3. The molecule has 148 valence electrons. The molecular formula is C22H50P2. The summed E-state index contributed by atoms with van der Waals surface area (Å²) < 4.78 is 0. The van der Waals surface area contributed by atoms with Crippen molar-refractivity contribution in [1.82, 2.24) is 0 Å². The van der Waals surface area contributed by atoms with Gasteiger partial charge in [-0.3, -0.25) is 0 Å². The molecule has 24 heavy (non-hydrogen) atoms. The first-order valence-corrected chi connectivity index (χ1v) is 16.2. The van der Waals surface area contributed by atoms with Crippen molar-refractivity contribution in [2.24, 2.45) is 0 Å². The van der Waals surface area contributed by atoms with Crippen molar-refractivity contribution < 1.29 is 0 Å². The van der Waals surface area contributed by atoms with Gasteiger partial charge < -0.3 is 0 Å². The predicted octanol–water partition coefficient (Wildman–Crippen LogP) is 8.78. The van der Waals surface area contributed by atoms with Crippen LogP contribution in [0.2, 0.25) is 0 Å². The maximum atomic E-state index is 2.31. The van der Waals surface area contributed by atoms with E-state index in [-0.39, 0.29) is 0 Å². The zero-order valence-electron chi connectivity index (χ0n) is 17.3. The molecule has 0 amide bonds. The fourth-order valence-electron chi connectivity index (χ4n) is 3.42. The Balaban J connectivity index is 2.93. The number of rotatable bonds is 21. The SMILES string of the molecule is CCCCCCCCCCCP[PH3]CCCCCCCCCCC. The number of hydrogen-bond donors (Lipinski definition) is 0. The zero-order chi connectivity index (χ0) is 17.6. The van der Waals surface area contributed by atoms with Crippen LogP contribution >= 0.6 is 16.5 Å². The third kappa shape index (κ3) is 22.9. The second-order valence-electron chi connectivity index (χ2n) is 7.76. The second kappa shape index (κ2) is 23.9. The standard InChI is InChI=1S/C22H50P2/c1-3-5-7-9-11-13-15-17-19-21-23-24-22-20-18-16-14-12-10-8-6-4-2/h23H,3-22H2,1-2,24H3. The molecule has 0 aliphatic heterocycles. The van der Waals surface area contributed by atoms with Crippen molar-refractivity contribution in [3.63, 3.8) is 0 Å². The molecule has 0 heterocycles. The molecule has 0 spiro atoms. The fourth-order valence-corrected chi connectivity index (χ4v) is 8.03. The minimum atomic E-state index is 0.335. The molecule has 1 unspecified atom stereocenters. The average molecular weight is 377 g/mol. The Labute approximate surface area is 158 Å². The molecule has 0 N–H and O–H groups in total. The van der Waals surface area contributed by atoms with Crippen LogP contribution in [0.25, 0.3) is 0 Å². The molecule has 1 atom stereocenters. The van der Waals surface area contributed by atoms with E-state index in [9.17, 15) is 0 Å². The summed E-state index contributed by atoms with van der Waals surface area (Å²) in [7, 11) is 1.73. The van der Waals surface area contributed by atoms with E-state index in [0.717, 1.165) is 0 Å². The van der Waals surface area contributed by atoms with Crippen LogP contribution in [0.5, 0.6) is 0 Å². The maximum absolute atomic E-state index is 2.31. The van der Waals surface area contributed by atoms with E-state index in [1.54, 1.807) is 18.7 Å². The first-order chi connectivity index (χ1) is 11.9. The minimum absolute atomic E-state index is 0.335. The van der Waals surface area contributed by atoms with Gasteiger partial charge in [-0.15, -0.1) is 0 Å². The summed E-state index contributed by atoms with van der Waals surface area (Å²) in [6, 6.07) is 0. The fraction of sp³-hybridized carbons (Fsp3) is 1.00. The first-order valence-electron chi connectivity index (χ1n) is 11.6. The van der Waals surface area contributed by atoms with Gasteiger partial charge in [0, 0.05) is 0 Å². The quantitative estimate of drug-likeness (QED) is 0.139. The van der Waals surface area contributed by atoms with E-state index in [2.05, 4.69) is 13.8 Å². The van der Waals surface area contributed by atoms with Crippen LogP contribution in [0.1, 0.15) is 129 Å². The van der Waals surface area contributed by atoms with E-state index in [1.807, 2.05) is 0 Å². The van der Waals surface area contributed by atoms with Crippen molar-refractivity contribution in [2.75, 3.05) is 12.3 Å². The zero-order valence-corrected chi connectivity index (χ0v) is 19.8. The Kier molecular flexibility index (Phi) is 24.7. The molecule has 0 saturated heterocycles. The Morgan fingerprint density at radius 2 is 0.833 bits per heavy atom. The molecule has 0 aromatic carbocycles. The van der Waals surface area contributed by atoms with Crippen LogP contribution in [0.3, 0.4) is 0 Å². The van der Waals surface area contributed by atoms with Gasteiger partial charge in [0.05, 0.1) is 0 Å². The van der Waals surface area contributed by atoms with E-state index < -0.39 is 0 Å². The van der Waals surface area contributed by atoms with Crippen LogP contribution in [0, 0.1) is 0 Å². The molecule has 0 aromatic heterocycles. The van der Waals surface area contributed by atoms with Crippen molar-refractivity contribution in [3.05, 3.63) is 0 Å². The molecule has 0 radical (unpaired) electrons. The molecule has 0 nitrogen and oxygen atoms in total. The Morgan fingerprint density at radius 3 is 1.29 bits per heavy atom. The molecular weight excluding hydrogens is 326 g/mol. The van der Waals surface area contributed by atoms with Crippen molar-refractivity contribution >= 4 is 16.5 Å². The third-order valence-electron chi connectivity index (χ3n) is 5.16. The van der Waals surface area contributed by atoms with E-state index >= 15 is 0 Å². The van der Waals surface area contributed by atoms with Gasteiger partial charge in [0.1, 0.15) is 0 Å². The van der Waals surface area contributed by atoms with Gasteiger partial charge >= 0.3 is 158 Å². The van der Waals surface area contributed by atoms with Gasteiger partial charge in [0.15, 0.2) is 0 Å². The van der Waals surface area contributed by atoms with Gasteiger partial charge in [-0.1, -0.05) is 0 Å². The van der Waals surface area contributed by atoms with Crippen LogP contribution in [-0.4, -0.2) is 12.3 Å². The molecule has 0 saturated carbocycles. The summed E-state index contributed by atoms with van der Waals surface area (Å²) in [5.41, 5.74) is 0. The average Bonchev–Trinajstić information content (AvgIpc) is 2.60. The molecule has 0 aliphatic carbocycles. The van der Waals surface area contributed by atoms with Gasteiger partial charge in [-0.05, 0) is 0 Å². The van der Waals surface area contributed by atoms with Crippen molar-refractivity contribution in [1.29, 1.82) is 0 Å². The molecule has 0 bridgehead atoms. The molecule has 0 aromatic rings. The van der Waals surface area contributed by atoms with Crippen molar-refractivity contribution in [2.45, 2.75) is 129 Å². The summed E-state index contributed by atoms with van der Waals surface area (Å²) in [5.74, 6) is 0. The summed E-state index contributed by atoms with van der Waals surface area (Å²) in [4.78, 5) is 0. The summed E-state index contributed by atoms with van der Waals surface area (Å²) in [6.07, 6.45) is 30.0. The monoisotopic (exact) mass is 376 g/mol. The Bertz CT molecular complexity index is 184. The second-order valence-corrected chi connectivity index (χ2v) is 13.0. The molecule has 0 aliphatic rings. The van der Waals surface area contributed by atoms with E-state index in [0.29, 0.717) is 8.27 Å².